The van der Waals surface area contributed by atoms with Gasteiger partial charge in [0.05, 0.1) is 6.04 Å². The maximum Gasteiger partial charge on any atom is 0.236 e. The number of benzene rings is 1. The molecule has 1 amide bonds. The minimum Gasteiger partial charge on any atom is -0.354 e. The topological polar surface area (TPSA) is 55.1 Å². The molecule has 0 aliphatic rings. The van der Waals surface area contributed by atoms with E-state index in [0.29, 0.717) is 13.0 Å². The average Bonchev–Trinajstić information content (AvgIpc) is 2.30. The Bertz CT molecular complexity index is 337. The second kappa shape index (κ2) is 6.51. The van der Waals surface area contributed by atoms with Crippen molar-refractivity contribution in [1.29, 1.82) is 0 Å². The summed E-state index contributed by atoms with van der Waals surface area (Å²) < 4.78 is 0. The van der Waals surface area contributed by atoms with Gasteiger partial charge >= 0.3 is 0 Å². The van der Waals surface area contributed by atoms with E-state index in [0.717, 1.165) is 17.0 Å². The number of carbonyl (C=O) groups is 1. The lowest BCUT2D eigenvalue weighted by atomic mass is 10.1. The van der Waals surface area contributed by atoms with Crippen LogP contribution >= 0.6 is 11.6 Å². The lowest BCUT2D eigenvalue weighted by Crippen LogP contribution is -2.40. The summed E-state index contributed by atoms with van der Waals surface area (Å²) in [4.78, 5) is 11.4. The van der Waals surface area contributed by atoms with Crippen molar-refractivity contribution in [2.24, 2.45) is 5.73 Å². The minimum atomic E-state index is -0.398. The molecule has 1 atom stereocenters. The summed E-state index contributed by atoms with van der Waals surface area (Å²) in [5.41, 5.74) is 6.73. The molecule has 0 bridgehead atoms. The van der Waals surface area contributed by atoms with Crippen LogP contribution in [0, 0.1) is 0 Å². The van der Waals surface area contributed by atoms with Gasteiger partial charge in [0.15, 0.2) is 0 Å². The van der Waals surface area contributed by atoms with Crippen molar-refractivity contribution in [1.82, 2.24) is 5.32 Å². The average molecular weight is 241 g/mol. The molecule has 0 spiro atoms. The lowest BCUT2D eigenvalue weighted by molar-refractivity contribution is -0.122. The molecule has 88 valence electrons. The van der Waals surface area contributed by atoms with Crippen molar-refractivity contribution in [3.05, 3.63) is 34.9 Å². The molecule has 0 aromatic heterocycles. The van der Waals surface area contributed by atoms with Crippen LogP contribution in [0.5, 0.6) is 0 Å². The van der Waals surface area contributed by atoms with Crippen LogP contribution in [0.25, 0.3) is 0 Å². The summed E-state index contributed by atoms with van der Waals surface area (Å²) in [7, 11) is 0. The zero-order chi connectivity index (χ0) is 12.0. The van der Waals surface area contributed by atoms with Crippen LogP contribution in [0.1, 0.15) is 18.9 Å². The van der Waals surface area contributed by atoms with E-state index in [-0.39, 0.29) is 5.91 Å². The van der Waals surface area contributed by atoms with Crippen LogP contribution in [0.2, 0.25) is 5.02 Å². The Kier molecular flexibility index (Phi) is 5.29. The van der Waals surface area contributed by atoms with E-state index < -0.39 is 6.04 Å². The standard InChI is InChI=1S/C12H17ClN2O/c1-2-11(14)12(16)15-8-7-9-3-5-10(13)6-4-9/h3-6,11H,2,7-8,14H2,1H3,(H,15,16). The molecular formula is C12H17ClN2O. The van der Waals surface area contributed by atoms with E-state index in [2.05, 4.69) is 5.32 Å². The fourth-order valence-corrected chi connectivity index (χ4v) is 1.42. The second-order valence-corrected chi connectivity index (χ2v) is 4.12. The van der Waals surface area contributed by atoms with Gasteiger partial charge in [-0.15, -0.1) is 0 Å². The van der Waals surface area contributed by atoms with Crippen LogP contribution < -0.4 is 11.1 Å². The molecule has 0 radical (unpaired) electrons. The molecule has 3 nitrogen and oxygen atoms in total. The van der Waals surface area contributed by atoms with Gasteiger partial charge in [-0.25, -0.2) is 0 Å². The van der Waals surface area contributed by atoms with Gasteiger partial charge in [0.1, 0.15) is 0 Å². The number of hydrogen-bond acceptors (Lipinski definition) is 2. The molecule has 0 fully saturated rings. The zero-order valence-electron chi connectivity index (χ0n) is 9.37. The molecule has 4 heteroatoms. The number of hydrogen-bond donors (Lipinski definition) is 2. The highest BCUT2D eigenvalue weighted by atomic mass is 35.5. The van der Waals surface area contributed by atoms with Crippen molar-refractivity contribution < 1.29 is 4.79 Å². The van der Waals surface area contributed by atoms with Crippen LogP contribution in [0.15, 0.2) is 24.3 Å². The van der Waals surface area contributed by atoms with Gasteiger partial charge in [0.2, 0.25) is 5.91 Å². The van der Waals surface area contributed by atoms with Crippen LogP contribution in [0.3, 0.4) is 0 Å². The Morgan fingerprint density at radius 3 is 2.62 bits per heavy atom. The Morgan fingerprint density at radius 2 is 2.06 bits per heavy atom. The van der Waals surface area contributed by atoms with E-state index in [4.69, 9.17) is 17.3 Å². The van der Waals surface area contributed by atoms with E-state index in [1.54, 1.807) is 0 Å². The first-order chi connectivity index (χ1) is 7.63. The minimum absolute atomic E-state index is 0.0866. The van der Waals surface area contributed by atoms with Crippen LogP contribution in [0.4, 0.5) is 0 Å². The van der Waals surface area contributed by atoms with Crippen molar-refractivity contribution in [2.45, 2.75) is 25.8 Å². The Balaban J connectivity index is 2.30. The fourth-order valence-electron chi connectivity index (χ4n) is 1.30. The molecule has 0 heterocycles. The number of halogens is 1. The second-order valence-electron chi connectivity index (χ2n) is 3.68. The van der Waals surface area contributed by atoms with E-state index in [1.165, 1.54) is 0 Å². The molecule has 1 rings (SSSR count). The van der Waals surface area contributed by atoms with Gasteiger partial charge in [-0.1, -0.05) is 30.7 Å². The molecule has 16 heavy (non-hydrogen) atoms. The highest BCUT2D eigenvalue weighted by Crippen LogP contribution is 2.09. The van der Waals surface area contributed by atoms with Gasteiger partial charge in [0, 0.05) is 11.6 Å². The molecule has 1 aromatic rings. The molecule has 0 aliphatic heterocycles. The molecular weight excluding hydrogens is 224 g/mol. The monoisotopic (exact) mass is 240 g/mol. The summed E-state index contributed by atoms with van der Waals surface area (Å²) in [5.74, 6) is -0.0866. The Morgan fingerprint density at radius 1 is 1.44 bits per heavy atom. The summed E-state index contributed by atoms with van der Waals surface area (Å²) in [6.45, 7) is 2.50. The third-order valence-electron chi connectivity index (χ3n) is 2.40. The number of amides is 1. The summed E-state index contributed by atoms with van der Waals surface area (Å²) in [6, 6.07) is 7.19. The van der Waals surface area contributed by atoms with Crippen molar-refractivity contribution in [3.63, 3.8) is 0 Å². The first-order valence-electron chi connectivity index (χ1n) is 5.41. The summed E-state index contributed by atoms with van der Waals surface area (Å²) in [5, 5.41) is 3.52. The van der Waals surface area contributed by atoms with Gasteiger partial charge in [-0.05, 0) is 30.5 Å². The fraction of sp³-hybridized carbons (Fsp3) is 0.417. The van der Waals surface area contributed by atoms with Crippen LogP contribution in [-0.4, -0.2) is 18.5 Å². The quantitative estimate of drug-likeness (QED) is 0.824. The molecule has 0 saturated heterocycles. The predicted octanol–water partition coefficient (Wildman–Crippen LogP) is 1.74. The van der Waals surface area contributed by atoms with Crippen molar-refractivity contribution in [3.8, 4) is 0 Å². The Hall–Kier alpha value is -1.06. The van der Waals surface area contributed by atoms with E-state index in [9.17, 15) is 4.79 Å². The first-order valence-corrected chi connectivity index (χ1v) is 5.79. The van der Waals surface area contributed by atoms with Crippen molar-refractivity contribution in [2.75, 3.05) is 6.54 Å². The summed E-state index contributed by atoms with van der Waals surface area (Å²) in [6.07, 6.45) is 1.45. The normalized spacial score (nSPS) is 12.2. The van der Waals surface area contributed by atoms with E-state index >= 15 is 0 Å². The number of nitrogens with two attached hydrogens (primary N) is 1. The first kappa shape index (κ1) is 13.0. The summed E-state index contributed by atoms with van der Waals surface area (Å²) >= 11 is 5.77. The number of carbonyl (C=O) groups excluding carboxylic acids is 1. The molecule has 0 saturated carbocycles. The predicted molar refractivity (Wildman–Crippen MR) is 66.4 cm³/mol. The van der Waals surface area contributed by atoms with Crippen molar-refractivity contribution >= 4 is 17.5 Å². The highest BCUT2D eigenvalue weighted by molar-refractivity contribution is 6.30. The SMILES string of the molecule is CCC(N)C(=O)NCCc1ccc(Cl)cc1. The Labute approximate surface area is 101 Å². The lowest BCUT2D eigenvalue weighted by Gasteiger charge is -2.09. The highest BCUT2D eigenvalue weighted by Gasteiger charge is 2.09. The largest absolute Gasteiger partial charge is 0.354 e. The van der Waals surface area contributed by atoms with Gasteiger partial charge < -0.3 is 11.1 Å². The zero-order valence-corrected chi connectivity index (χ0v) is 10.1. The molecule has 1 unspecified atom stereocenters. The maximum absolute atomic E-state index is 11.4. The van der Waals surface area contributed by atoms with Crippen LogP contribution in [-0.2, 0) is 11.2 Å². The number of rotatable bonds is 5. The maximum atomic E-state index is 11.4. The number of nitrogens with one attached hydrogen (secondary N) is 1. The third-order valence-corrected chi connectivity index (χ3v) is 2.65. The molecule has 3 N–H and O–H groups in total. The van der Waals surface area contributed by atoms with Gasteiger partial charge in [0.25, 0.3) is 0 Å². The molecule has 0 aliphatic carbocycles. The molecule has 1 aromatic carbocycles. The van der Waals surface area contributed by atoms with Gasteiger partial charge in [-0.3, -0.25) is 4.79 Å². The van der Waals surface area contributed by atoms with E-state index in [1.807, 2.05) is 31.2 Å². The smallest absolute Gasteiger partial charge is 0.236 e. The third kappa shape index (κ3) is 4.21. The van der Waals surface area contributed by atoms with Gasteiger partial charge in [-0.2, -0.15) is 0 Å².